The van der Waals surface area contributed by atoms with E-state index in [0.29, 0.717) is 24.2 Å². The molecular weight excluding hydrogens is 469 g/mol. The van der Waals surface area contributed by atoms with E-state index < -0.39 is 34.3 Å². The summed E-state index contributed by atoms with van der Waals surface area (Å²) in [6.45, 7) is 1.43. The van der Waals surface area contributed by atoms with Gasteiger partial charge in [0.25, 0.3) is 15.9 Å². The molecule has 178 valence electrons. The average Bonchev–Trinajstić information content (AvgIpc) is 3.23. The van der Waals surface area contributed by atoms with E-state index in [0.717, 1.165) is 17.7 Å². The molecule has 0 bridgehead atoms. The van der Waals surface area contributed by atoms with Crippen molar-refractivity contribution < 1.29 is 31.1 Å². The molecule has 0 atom stereocenters. The van der Waals surface area contributed by atoms with Gasteiger partial charge in [0.1, 0.15) is 5.75 Å². The molecule has 0 saturated heterocycles. The zero-order valence-corrected chi connectivity index (χ0v) is 18.9. The van der Waals surface area contributed by atoms with Crippen LogP contribution in [-0.2, 0) is 27.4 Å². The molecule has 1 N–H and O–H groups in total. The van der Waals surface area contributed by atoms with E-state index >= 15 is 0 Å². The molecule has 4 rings (SSSR count). The van der Waals surface area contributed by atoms with Crippen molar-refractivity contribution >= 4 is 27.3 Å². The van der Waals surface area contributed by atoms with Gasteiger partial charge in [0.15, 0.2) is 6.61 Å². The van der Waals surface area contributed by atoms with Crippen LogP contribution in [0.5, 0.6) is 5.75 Å². The monoisotopic (exact) mass is 490 g/mol. The number of hydrogen-bond donors (Lipinski definition) is 1. The summed E-state index contributed by atoms with van der Waals surface area (Å²) in [6.07, 6.45) is -3.99. The van der Waals surface area contributed by atoms with Gasteiger partial charge >= 0.3 is 6.18 Å². The number of hydrogen-bond acceptors (Lipinski definition) is 4. The SMILES string of the molecule is Cc1cc(S(=O)(=O)N2CCc3ccccc32)ccc1OCC(=O)Nc1ccccc1C(F)(F)F. The van der Waals surface area contributed by atoms with Gasteiger partial charge < -0.3 is 10.1 Å². The van der Waals surface area contributed by atoms with Gasteiger partial charge in [-0.3, -0.25) is 9.10 Å². The van der Waals surface area contributed by atoms with Crippen LogP contribution in [0.4, 0.5) is 24.5 Å². The van der Waals surface area contributed by atoms with Crippen molar-refractivity contribution in [3.8, 4) is 5.75 Å². The minimum Gasteiger partial charge on any atom is -0.483 e. The van der Waals surface area contributed by atoms with Gasteiger partial charge in [0, 0.05) is 6.54 Å². The number of rotatable bonds is 6. The summed E-state index contributed by atoms with van der Waals surface area (Å²) < 4.78 is 72.4. The fraction of sp³-hybridized carbons (Fsp3) is 0.208. The van der Waals surface area contributed by atoms with Crippen molar-refractivity contribution in [2.45, 2.75) is 24.4 Å². The van der Waals surface area contributed by atoms with Crippen molar-refractivity contribution in [1.82, 2.24) is 0 Å². The molecule has 1 aliphatic heterocycles. The number of para-hydroxylation sites is 2. The molecule has 0 saturated carbocycles. The van der Waals surface area contributed by atoms with E-state index in [2.05, 4.69) is 5.32 Å². The second kappa shape index (κ2) is 9.02. The highest BCUT2D eigenvalue weighted by atomic mass is 32.2. The highest BCUT2D eigenvalue weighted by Gasteiger charge is 2.34. The Morgan fingerprint density at radius 2 is 1.76 bits per heavy atom. The van der Waals surface area contributed by atoms with Gasteiger partial charge in [-0.25, -0.2) is 8.42 Å². The Morgan fingerprint density at radius 3 is 2.50 bits per heavy atom. The number of alkyl halides is 3. The standard InChI is InChI=1S/C24H21F3N2O4S/c1-16-14-18(34(31,32)29-13-12-17-6-2-5-9-21(17)29)10-11-22(16)33-15-23(30)28-20-8-4-3-7-19(20)24(25,26)27/h2-11,14H,12-13,15H2,1H3,(H,28,30). The van der Waals surface area contributed by atoms with Gasteiger partial charge in [-0.2, -0.15) is 13.2 Å². The number of aryl methyl sites for hydroxylation is 1. The average molecular weight is 491 g/mol. The summed E-state index contributed by atoms with van der Waals surface area (Å²) in [5.41, 5.74) is 0.749. The first-order valence-corrected chi connectivity index (χ1v) is 11.8. The Balaban J connectivity index is 1.45. The van der Waals surface area contributed by atoms with Crippen LogP contribution in [-0.4, -0.2) is 27.5 Å². The zero-order chi connectivity index (χ0) is 24.5. The molecule has 1 aliphatic rings. The Kier molecular flexibility index (Phi) is 6.26. The minimum absolute atomic E-state index is 0.0811. The summed E-state index contributed by atoms with van der Waals surface area (Å²) in [7, 11) is -3.79. The van der Waals surface area contributed by atoms with Gasteiger partial charge in [0.2, 0.25) is 0 Å². The third-order valence-corrected chi connectivity index (χ3v) is 7.25. The fourth-order valence-corrected chi connectivity index (χ4v) is 5.39. The van der Waals surface area contributed by atoms with Crippen molar-refractivity contribution in [3.63, 3.8) is 0 Å². The van der Waals surface area contributed by atoms with Crippen LogP contribution in [0.1, 0.15) is 16.7 Å². The maximum atomic E-state index is 13.2. The van der Waals surface area contributed by atoms with Gasteiger partial charge in [-0.15, -0.1) is 0 Å². The second-order valence-corrected chi connectivity index (χ2v) is 9.63. The van der Waals surface area contributed by atoms with Crippen molar-refractivity contribution in [2.24, 2.45) is 0 Å². The molecule has 34 heavy (non-hydrogen) atoms. The first kappa shape index (κ1) is 23.6. The molecule has 1 amide bonds. The van der Waals surface area contributed by atoms with Crippen LogP contribution in [0.25, 0.3) is 0 Å². The van der Waals surface area contributed by atoms with Crippen LogP contribution in [0.15, 0.2) is 71.6 Å². The summed E-state index contributed by atoms with van der Waals surface area (Å²) in [5.74, 6) is -0.526. The molecule has 0 fully saturated rings. The maximum absolute atomic E-state index is 13.2. The lowest BCUT2D eigenvalue weighted by atomic mass is 10.1. The van der Waals surface area contributed by atoms with E-state index in [9.17, 15) is 26.4 Å². The molecule has 3 aromatic carbocycles. The predicted octanol–water partition coefficient (Wildman–Crippen LogP) is 4.78. The molecule has 0 aliphatic carbocycles. The lowest BCUT2D eigenvalue weighted by Crippen LogP contribution is -2.29. The largest absolute Gasteiger partial charge is 0.483 e. The molecule has 0 aromatic heterocycles. The second-order valence-electron chi connectivity index (χ2n) is 7.76. The van der Waals surface area contributed by atoms with E-state index in [1.165, 1.54) is 34.6 Å². The number of nitrogens with zero attached hydrogens (tertiary/aromatic N) is 1. The Labute approximate surface area is 195 Å². The van der Waals surface area contributed by atoms with E-state index in [1.807, 2.05) is 12.1 Å². The first-order valence-electron chi connectivity index (χ1n) is 10.4. The van der Waals surface area contributed by atoms with Gasteiger partial charge in [-0.05, 0) is 60.9 Å². The quantitative estimate of drug-likeness (QED) is 0.540. The third kappa shape index (κ3) is 4.72. The molecule has 1 heterocycles. The van der Waals surface area contributed by atoms with Gasteiger partial charge in [-0.1, -0.05) is 30.3 Å². The van der Waals surface area contributed by atoms with E-state index in [1.54, 1.807) is 19.1 Å². The highest BCUT2D eigenvalue weighted by Crippen LogP contribution is 2.35. The smallest absolute Gasteiger partial charge is 0.418 e. The Morgan fingerprint density at radius 1 is 1.06 bits per heavy atom. The Hall–Kier alpha value is -3.53. The molecule has 10 heteroatoms. The molecule has 0 radical (unpaired) electrons. The minimum atomic E-state index is -4.61. The van der Waals surface area contributed by atoms with Crippen LogP contribution in [0.2, 0.25) is 0 Å². The predicted molar refractivity (Wildman–Crippen MR) is 121 cm³/mol. The Bertz CT molecular complexity index is 1340. The number of carbonyl (C=O) groups is 1. The topological polar surface area (TPSA) is 75.7 Å². The number of amides is 1. The number of carbonyl (C=O) groups excluding carboxylic acids is 1. The van der Waals surface area contributed by atoms with Crippen molar-refractivity contribution in [1.29, 1.82) is 0 Å². The van der Waals surface area contributed by atoms with Crippen molar-refractivity contribution in [2.75, 3.05) is 22.8 Å². The van der Waals surface area contributed by atoms with Gasteiger partial charge in [0.05, 0.1) is 21.8 Å². The summed E-state index contributed by atoms with van der Waals surface area (Å²) in [5, 5.41) is 2.20. The summed E-state index contributed by atoms with van der Waals surface area (Å²) >= 11 is 0. The van der Waals surface area contributed by atoms with Crippen LogP contribution in [0.3, 0.4) is 0 Å². The third-order valence-electron chi connectivity index (χ3n) is 5.44. The number of halogens is 3. The number of benzene rings is 3. The number of anilines is 2. The number of nitrogens with one attached hydrogen (secondary N) is 1. The number of sulfonamides is 1. The first-order chi connectivity index (χ1) is 16.1. The molecule has 0 spiro atoms. The summed E-state index contributed by atoms with van der Waals surface area (Å²) in [6, 6.07) is 16.2. The normalized spacial score (nSPS) is 13.5. The molecule has 3 aromatic rings. The molecular formula is C24H21F3N2O4S. The van der Waals surface area contributed by atoms with E-state index in [-0.39, 0.29) is 16.3 Å². The highest BCUT2D eigenvalue weighted by molar-refractivity contribution is 7.92. The van der Waals surface area contributed by atoms with Crippen LogP contribution < -0.4 is 14.4 Å². The number of fused-ring (bicyclic) bond motifs is 1. The molecule has 0 unspecified atom stereocenters. The van der Waals surface area contributed by atoms with Crippen LogP contribution >= 0.6 is 0 Å². The lowest BCUT2D eigenvalue weighted by molar-refractivity contribution is -0.137. The summed E-state index contributed by atoms with van der Waals surface area (Å²) in [4.78, 5) is 12.3. The van der Waals surface area contributed by atoms with Crippen molar-refractivity contribution in [3.05, 3.63) is 83.4 Å². The maximum Gasteiger partial charge on any atom is 0.418 e. The number of ether oxygens (including phenoxy) is 1. The van der Waals surface area contributed by atoms with E-state index in [4.69, 9.17) is 4.74 Å². The fourth-order valence-electron chi connectivity index (χ4n) is 3.80. The van der Waals surface area contributed by atoms with Crippen LogP contribution in [0, 0.1) is 6.92 Å². The zero-order valence-electron chi connectivity index (χ0n) is 18.1. The molecule has 6 nitrogen and oxygen atoms in total. The lowest BCUT2D eigenvalue weighted by Gasteiger charge is -2.20.